The maximum Gasteiger partial charge on any atom is 0.171 e. The van der Waals surface area contributed by atoms with Crippen LogP contribution in [0.15, 0.2) is 36.8 Å². The minimum Gasteiger partial charge on any atom is -0.269 e. The number of rotatable bonds is 1. The topological polar surface area (TPSA) is 43.1 Å². The highest BCUT2D eigenvalue weighted by molar-refractivity contribution is 6.30. The summed E-state index contributed by atoms with van der Waals surface area (Å²) in [6.07, 6.45) is 3.50. The van der Waals surface area contributed by atoms with E-state index in [-0.39, 0.29) is 0 Å². The van der Waals surface area contributed by atoms with Gasteiger partial charge in [0.15, 0.2) is 5.65 Å². The molecule has 0 fully saturated rings. The molecule has 3 aromatic rings. The minimum atomic E-state index is 0.714. The van der Waals surface area contributed by atoms with Crippen LogP contribution in [0.4, 0.5) is 0 Å². The van der Waals surface area contributed by atoms with Crippen molar-refractivity contribution in [1.29, 1.82) is 0 Å². The van der Waals surface area contributed by atoms with Crippen molar-refractivity contribution in [1.82, 2.24) is 19.6 Å². The van der Waals surface area contributed by atoms with Crippen LogP contribution in [0.2, 0.25) is 5.02 Å². The first-order valence-corrected chi connectivity index (χ1v) is 5.55. The van der Waals surface area contributed by atoms with Gasteiger partial charge in [0.2, 0.25) is 0 Å². The van der Waals surface area contributed by atoms with Crippen molar-refractivity contribution in [2.45, 2.75) is 6.92 Å². The third-order valence-electron chi connectivity index (χ3n) is 2.65. The summed E-state index contributed by atoms with van der Waals surface area (Å²) in [5.41, 5.74) is 2.78. The predicted molar refractivity (Wildman–Crippen MR) is 66.0 cm³/mol. The van der Waals surface area contributed by atoms with Crippen molar-refractivity contribution in [3.63, 3.8) is 0 Å². The van der Waals surface area contributed by atoms with E-state index in [1.54, 1.807) is 12.5 Å². The van der Waals surface area contributed by atoms with E-state index in [0.717, 1.165) is 22.6 Å². The van der Waals surface area contributed by atoms with Crippen LogP contribution in [0.5, 0.6) is 0 Å². The predicted octanol–water partition coefficient (Wildman–Crippen LogP) is 2.75. The lowest BCUT2D eigenvalue weighted by molar-refractivity contribution is 0.984. The molecule has 0 spiro atoms. The normalized spacial score (nSPS) is 10.9. The van der Waals surface area contributed by atoms with Gasteiger partial charge < -0.3 is 0 Å². The zero-order valence-corrected chi connectivity index (χ0v) is 9.89. The molecule has 0 unspecified atom stereocenters. The number of halogens is 1. The van der Waals surface area contributed by atoms with Crippen molar-refractivity contribution in [3.8, 4) is 11.1 Å². The molecule has 0 aliphatic heterocycles. The summed E-state index contributed by atoms with van der Waals surface area (Å²) in [6.45, 7) is 1.90. The van der Waals surface area contributed by atoms with Gasteiger partial charge in [-0.3, -0.25) is 4.40 Å². The van der Waals surface area contributed by atoms with Crippen molar-refractivity contribution < 1.29 is 0 Å². The molecule has 2 heterocycles. The van der Waals surface area contributed by atoms with Gasteiger partial charge in [0.05, 0.1) is 0 Å². The van der Waals surface area contributed by atoms with Crippen LogP contribution >= 0.6 is 11.6 Å². The molecule has 1 aromatic carbocycles. The quantitative estimate of drug-likeness (QED) is 0.661. The van der Waals surface area contributed by atoms with Gasteiger partial charge in [-0.05, 0) is 24.6 Å². The number of hydrogen-bond donors (Lipinski definition) is 0. The zero-order valence-electron chi connectivity index (χ0n) is 9.13. The molecule has 0 atom stereocenters. The van der Waals surface area contributed by atoms with E-state index in [0.29, 0.717) is 5.02 Å². The maximum absolute atomic E-state index is 5.87. The Kier molecular flexibility index (Phi) is 2.30. The summed E-state index contributed by atoms with van der Waals surface area (Å²) in [5, 5.41) is 8.92. The number of aromatic nitrogens is 4. The molecule has 2 aromatic heterocycles. The van der Waals surface area contributed by atoms with Crippen LogP contribution in [-0.4, -0.2) is 19.6 Å². The Morgan fingerprint density at radius 3 is 2.65 bits per heavy atom. The van der Waals surface area contributed by atoms with E-state index in [4.69, 9.17) is 11.6 Å². The standard InChI is InChI=1S/C12H9ClN4/c1-8-15-16-12-11(6-14-7-17(8)12)9-2-4-10(13)5-3-9/h2-7H,1H3. The van der Waals surface area contributed by atoms with Crippen LogP contribution in [-0.2, 0) is 0 Å². The van der Waals surface area contributed by atoms with Gasteiger partial charge >= 0.3 is 0 Å². The van der Waals surface area contributed by atoms with Gasteiger partial charge in [-0.15, -0.1) is 10.2 Å². The number of nitrogens with zero attached hydrogens (tertiary/aromatic N) is 4. The Hall–Kier alpha value is -1.94. The molecule has 0 N–H and O–H groups in total. The van der Waals surface area contributed by atoms with Gasteiger partial charge in [-0.2, -0.15) is 0 Å². The second kappa shape index (κ2) is 3.82. The van der Waals surface area contributed by atoms with Gasteiger partial charge in [-0.1, -0.05) is 23.7 Å². The SMILES string of the molecule is Cc1nnc2c(-c3ccc(Cl)cc3)cncn12. The summed E-state index contributed by atoms with van der Waals surface area (Å²) in [4.78, 5) is 4.19. The van der Waals surface area contributed by atoms with Crippen LogP contribution in [0.25, 0.3) is 16.8 Å². The molecule has 0 aliphatic rings. The lowest BCUT2D eigenvalue weighted by Crippen LogP contribution is -1.92. The molecule has 84 valence electrons. The molecule has 0 bridgehead atoms. The number of benzene rings is 1. The first-order valence-electron chi connectivity index (χ1n) is 5.17. The highest BCUT2D eigenvalue weighted by atomic mass is 35.5. The number of fused-ring (bicyclic) bond motifs is 1. The maximum atomic E-state index is 5.87. The first-order chi connectivity index (χ1) is 8.25. The van der Waals surface area contributed by atoms with Gasteiger partial charge in [0.1, 0.15) is 12.2 Å². The summed E-state index contributed by atoms with van der Waals surface area (Å²) >= 11 is 5.87. The lowest BCUT2D eigenvalue weighted by Gasteiger charge is -2.02. The molecule has 17 heavy (non-hydrogen) atoms. The molecular weight excluding hydrogens is 236 g/mol. The van der Waals surface area contributed by atoms with Crippen LogP contribution in [0.3, 0.4) is 0 Å². The van der Waals surface area contributed by atoms with E-state index in [1.165, 1.54) is 0 Å². The molecule has 0 radical (unpaired) electrons. The van der Waals surface area contributed by atoms with Gasteiger partial charge in [0, 0.05) is 16.8 Å². The van der Waals surface area contributed by atoms with E-state index >= 15 is 0 Å². The van der Waals surface area contributed by atoms with Crippen molar-refractivity contribution in [2.75, 3.05) is 0 Å². The Balaban J connectivity index is 2.26. The Bertz CT molecular complexity index is 673. The number of hydrogen-bond acceptors (Lipinski definition) is 3. The molecule has 0 amide bonds. The third kappa shape index (κ3) is 1.66. The molecule has 0 saturated carbocycles. The largest absolute Gasteiger partial charge is 0.269 e. The fourth-order valence-electron chi connectivity index (χ4n) is 1.76. The molecule has 0 aliphatic carbocycles. The molecule has 4 nitrogen and oxygen atoms in total. The minimum absolute atomic E-state index is 0.714. The lowest BCUT2D eigenvalue weighted by atomic mass is 10.1. The monoisotopic (exact) mass is 244 g/mol. The van der Waals surface area contributed by atoms with Crippen molar-refractivity contribution >= 4 is 17.2 Å². The van der Waals surface area contributed by atoms with E-state index in [1.807, 2.05) is 35.6 Å². The summed E-state index contributed by atoms with van der Waals surface area (Å²) in [5.74, 6) is 0.823. The smallest absolute Gasteiger partial charge is 0.171 e. The van der Waals surface area contributed by atoms with Crippen LogP contribution < -0.4 is 0 Å². The third-order valence-corrected chi connectivity index (χ3v) is 2.90. The van der Waals surface area contributed by atoms with Crippen molar-refractivity contribution in [2.24, 2.45) is 0 Å². The Labute approximate surface area is 103 Å². The van der Waals surface area contributed by atoms with Gasteiger partial charge in [-0.25, -0.2) is 4.98 Å². The van der Waals surface area contributed by atoms with Crippen LogP contribution in [0, 0.1) is 6.92 Å². The summed E-state index contributed by atoms with van der Waals surface area (Å²) in [7, 11) is 0. The molecule has 5 heteroatoms. The molecular formula is C12H9ClN4. The Morgan fingerprint density at radius 1 is 1.12 bits per heavy atom. The van der Waals surface area contributed by atoms with E-state index in [2.05, 4.69) is 15.2 Å². The van der Waals surface area contributed by atoms with Crippen molar-refractivity contribution in [3.05, 3.63) is 47.6 Å². The fourth-order valence-corrected chi connectivity index (χ4v) is 1.88. The summed E-state index contributed by atoms with van der Waals surface area (Å²) in [6, 6.07) is 7.60. The molecule has 3 rings (SSSR count). The second-order valence-corrected chi connectivity index (χ2v) is 4.19. The average molecular weight is 245 g/mol. The van der Waals surface area contributed by atoms with Crippen LogP contribution in [0.1, 0.15) is 5.82 Å². The van der Waals surface area contributed by atoms with E-state index in [9.17, 15) is 0 Å². The highest BCUT2D eigenvalue weighted by Gasteiger charge is 2.08. The number of aryl methyl sites for hydroxylation is 1. The molecule has 0 saturated heterocycles. The highest BCUT2D eigenvalue weighted by Crippen LogP contribution is 2.24. The first kappa shape index (κ1) is 10.2. The fraction of sp³-hybridized carbons (Fsp3) is 0.0833. The zero-order chi connectivity index (χ0) is 11.8. The van der Waals surface area contributed by atoms with Gasteiger partial charge in [0.25, 0.3) is 0 Å². The Morgan fingerprint density at radius 2 is 1.88 bits per heavy atom. The summed E-state index contributed by atoms with van der Waals surface area (Å²) < 4.78 is 1.87. The average Bonchev–Trinajstić information content (AvgIpc) is 2.73. The second-order valence-electron chi connectivity index (χ2n) is 3.76. The van der Waals surface area contributed by atoms with E-state index < -0.39 is 0 Å².